The first-order valence-electron chi connectivity index (χ1n) is 14.0. The second-order valence-electron chi connectivity index (χ2n) is 11.0. The number of hydrogen-bond acceptors (Lipinski definition) is 8. The van der Waals surface area contributed by atoms with Crippen molar-refractivity contribution in [3.63, 3.8) is 0 Å². The maximum absolute atomic E-state index is 14.0. The Labute approximate surface area is 225 Å². The summed E-state index contributed by atoms with van der Waals surface area (Å²) < 4.78 is 10.9. The highest BCUT2D eigenvalue weighted by Crippen LogP contribution is 2.35. The molecule has 3 atom stereocenters. The minimum Gasteiger partial charge on any atom is -0.383 e. The predicted octanol–water partition coefficient (Wildman–Crippen LogP) is 0.654. The fourth-order valence-corrected chi connectivity index (χ4v) is 6.51. The zero-order valence-electron chi connectivity index (χ0n) is 22.6. The first kappa shape index (κ1) is 27.1. The van der Waals surface area contributed by atoms with E-state index in [1.54, 1.807) is 12.0 Å². The highest BCUT2D eigenvalue weighted by Gasteiger charge is 2.55. The van der Waals surface area contributed by atoms with Crippen LogP contribution in [0.25, 0.3) is 0 Å². The van der Waals surface area contributed by atoms with Crippen molar-refractivity contribution < 1.29 is 23.9 Å². The average molecular weight is 528 g/mol. The number of methoxy groups -OCH3 is 1. The maximum atomic E-state index is 14.0. The van der Waals surface area contributed by atoms with Crippen molar-refractivity contribution in [3.05, 3.63) is 29.8 Å². The van der Waals surface area contributed by atoms with E-state index < -0.39 is 11.6 Å². The van der Waals surface area contributed by atoms with Gasteiger partial charge < -0.3 is 29.9 Å². The molecule has 3 aliphatic heterocycles. The number of carbonyl (C=O) groups excluding carboxylic acids is 3. The second kappa shape index (κ2) is 11.7. The van der Waals surface area contributed by atoms with Gasteiger partial charge in [-0.3, -0.25) is 19.3 Å². The molecule has 0 aromatic heterocycles. The number of Topliss-reactive ketones (excluding diaryl/α,β-unsaturated/α-hetero) is 1. The second-order valence-corrected chi connectivity index (χ2v) is 11.0. The van der Waals surface area contributed by atoms with E-state index >= 15 is 0 Å². The third-order valence-corrected chi connectivity index (χ3v) is 8.76. The summed E-state index contributed by atoms with van der Waals surface area (Å²) in [4.78, 5) is 46.6. The average Bonchev–Trinajstić information content (AvgIpc) is 3.52. The number of ketones is 1. The molecule has 1 aliphatic carbocycles. The third kappa shape index (κ3) is 5.32. The van der Waals surface area contributed by atoms with E-state index in [2.05, 4.69) is 20.4 Å². The summed E-state index contributed by atoms with van der Waals surface area (Å²) in [5.74, 6) is -0.459. The summed E-state index contributed by atoms with van der Waals surface area (Å²) in [6, 6.07) is 7.00. The van der Waals surface area contributed by atoms with E-state index in [1.807, 2.05) is 31.3 Å². The van der Waals surface area contributed by atoms with Crippen LogP contribution in [0.4, 0.5) is 5.69 Å². The van der Waals surface area contributed by atoms with Gasteiger partial charge in [-0.15, -0.1) is 0 Å². The Balaban J connectivity index is 1.26. The molecule has 1 aromatic rings. The highest BCUT2D eigenvalue weighted by molar-refractivity contribution is 6.01. The van der Waals surface area contributed by atoms with Crippen LogP contribution < -0.4 is 15.5 Å². The molecule has 0 spiro atoms. The molecule has 208 valence electrons. The Bertz CT molecular complexity index is 1000. The molecule has 2 N–H and O–H groups in total. The van der Waals surface area contributed by atoms with Gasteiger partial charge in [0.2, 0.25) is 5.91 Å². The topological polar surface area (TPSA) is 103 Å². The SMILES string of the molecule is CN[C@H]1CN(C(=O)C2(NC(=O)c3ccc(N4CCN(CCOC)CC4)cc3)CCCCC2)[C@@H]2C(=O)CO[C@H]12. The van der Waals surface area contributed by atoms with Gasteiger partial charge >= 0.3 is 0 Å². The van der Waals surface area contributed by atoms with Crippen molar-refractivity contribution in [1.82, 2.24) is 20.4 Å². The van der Waals surface area contributed by atoms with Crippen LogP contribution in [-0.2, 0) is 19.1 Å². The molecular weight excluding hydrogens is 486 g/mol. The number of hydrogen-bond donors (Lipinski definition) is 2. The summed E-state index contributed by atoms with van der Waals surface area (Å²) in [6.07, 6.45) is 3.59. The van der Waals surface area contributed by atoms with Crippen LogP contribution in [0.2, 0.25) is 0 Å². The number of nitrogens with zero attached hydrogens (tertiary/aromatic N) is 3. The molecule has 38 heavy (non-hydrogen) atoms. The Hall–Kier alpha value is -2.53. The van der Waals surface area contributed by atoms with Crippen LogP contribution in [0.3, 0.4) is 0 Å². The first-order valence-corrected chi connectivity index (χ1v) is 14.0. The zero-order chi connectivity index (χ0) is 26.7. The van der Waals surface area contributed by atoms with Crippen molar-refractivity contribution in [2.75, 3.05) is 71.5 Å². The summed E-state index contributed by atoms with van der Waals surface area (Å²) >= 11 is 0. The normalized spacial score (nSPS) is 27.4. The molecule has 5 rings (SSSR count). The van der Waals surface area contributed by atoms with Crippen LogP contribution in [0.5, 0.6) is 0 Å². The van der Waals surface area contributed by atoms with Gasteiger partial charge in [0, 0.05) is 57.6 Å². The Morgan fingerprint density at radius 1 is 1.08 bits per heavy atom. The van der Waals surface area contributed by atoms with Crippen molar-refractivity contribution in [3.8, 4) is 0 Å². The van der Waals surface area contributed by atoms with Gasteiger partial charge in [-0.1, -0.05) is 19.3 Å². The van der Waals surface area contributed by atoms with Gasteiger partial charge in [-0.25, -0.2) is 0 Å². The van der Waals surface area contributed by atoms with E-state index in [0.29, 0.717) is 24.9 Å². The molecule has 4 aliphatic rings. The minimum atomic E-state index is -0.997. The molecule has 1 saturated carbocycles. The number of likely N-dealkylation sites (N-methyl/N-ethyl adjacent to an activating group) is 1. The van der Waals surface area contributed by atoms with E-state index in [0.717, 1.165) is 64.3 Å². The van der Waals surface area contributed by atoms with Crippen molar-refractivity contribution in [2.45, 2.75) is 55.8 Å². The van der Waals surface area contributed by atoms with Crippen LogP contribution in [0.1, 0.15) is 42.5 Å². The number of amides is 2. The van der Waals surface area contributed by atoms with Gasteiger partial charge in [-0.05, 0) is 44.2 Å². The third-order valence-electron chi connectivity index (χ3n) is 8.76. The predicted molar refractivity (Wildman–Crippen MR) is 143 cm³/mol. The molecule has 1 aromatic carbocycles. The van der Waals surface area contributed by atoms with Crippen LogP contribution in [0.15, 0.2) is 24.3 Å². The van der Waals surface area contributed by atoms with Crippen LogP contribution in [0, 0.1) is 0 Å². The van der Waals surface area contributed by atoms with Crippen molar-refractivity contribution in [2.24, 2.45) is 0 Å². The lowest BCUT2D eigenvalue weighted by molar-refractivity contribution is -0.143. The molecule has 10 heteroatoms. The van der Waals surface area contributed by atoms with E-state index in [1.165, 1.54) is 0 Å². The van der Waals surface area contributed by atoms with Gasteiger partial charge in [0.1, 0.15) is 24.3 Å². The van der Waals surface area contributed by atoms with Crippen LogP contribution >= 0.6 is 0 Å². The number of ether oxygens (including phenoxy) is 2. The number of piperazine rings is 1. The van der Waals surface area contributed by atoms with Crippen molar-refractivity contribution in [1.29, 1.82) is 0 Å². The lowest BCUT2D eigenvalue weighted by atomic mass is 9.80. The van der Waals surface area contributed by atoms with Crippen LogP contribution in [-0.4, -0.2) is 118 Å². The first-order chi connectivity index (χ1) is 18.5. The number of anilines is 1. The number of nitrogens with one attached hydrogen (secondary N) is 2. The molecule has 2 amide bonds. The number of likely N-dealkylation sites (tertiary alicyclic amines) is 1. The Morgan fingerprint density at radius 2 is 1.79 bits per heavy atom. The Morgan fingerprint density at radius 3 is 2.45 bits per heavy atom. The number of rotatable bonds is 8. The molecule has 0 radical (unpaired) electrons. The molecular formula is C28H41N5O5. The molecule has 10 nitrogen and oxygen atoms in total. The summed E-state index contributed by atoms with van der Waals surface area (Å²) in [7, 11) is 3.55. The van der Waals surface area contributed by atoms with Gasteiger partial charge in [0.15, 0.2) is 5.78 Å². The smallest absolute Gasteiger partial charge is 0.252 e. The molecule has 4 fully saturated rings. The molecule has 3 heterocycles. The molecule has 0 bridgehead atoms. The summed E-state index contributed by atoms with van der Waals surface area (Å²) in [5.41, 5.74) is 0.637. The standard InChI is InChI=1S/C28H41N5O5/c1-29-22-18-33(24-23(34)19-38-25(22)24)27(36)28(10-4-3-5-11-28)30-26(35)20-6-8-21(9-7-20)32-14-12-31(13-15-32)16-17-37-2/h6-9,22,24-25,29H,3-5,10-19H2,1-2H3,(H,30,35)/t22-,24+,25+/m0/s1. The maximum Gasteiger partial charge on any atom is 0.252 e. The largest absolute Gasteiger partial charge is 0.383 e. The molecule has 0 unspecified atom stereocenters. The van der Waals surface area contributed by atoms with Gasteiger partial charge in [0.25, 0.3) is 5.91 Å². The van der Waals surface area contributed by atoms with Gasteiger partial charge in [-0.2, -0.15) is 0 Å². The summed E-state index contributed by atoms with van der Waals surface area (Å²) in [5, 5.41) is 6.34. The molecule has 3 saturated heterocycles. The number of fused-ring (bicyclic) bond motifs is 1. The lowest BCUT2D eigenvalue weighted by Crippen LogP contribution is -2.62. The number of benzene rings is 1. The Kier molecular flexibility index (Phi) is 8.32. The van der Waals surface area contributed by atoms with Crippen molar-refractivity contribution >= 4 is 23.3 Å². The van der Waals surface area contributed by atoms with E-state index in [9.17, 15) is 14.4 Å². The van der Waals surface area contributed by atoms with E-state index in [-0.39, 0.29) is 36.4 Å². The van der Waals surface area contributed by atoms with E-state index in [4.69, 9.17) is 9.47 Å². The quantitative estimate of drug-likeness (QED) is 0.508. The zero-order valence-corrected chi connectivity index (χ0v) is 22.6. The fourth-order valence-electron chi connectivity index (χ4n) is 6.51. The highest BCUT2D eigenvalue weighted by atomic mass is 16.5. The number of carbonyl (C=O) groups is 3. The lowest BCUT2D eigenvalue weighted by Gasteiger charge is -2.40. The summed E-state index contributed by atoms with van der Waals surface area (Å²) in [6.45, 7) is 5.95. The van der Waals surface area contributed by atoms with Gasteiger partial charge in [0.05, 0.1) is 12.6 Å². The monoisotopic (exact) mass is 527 g/mol. The minimum absolute atomic E-state index is 0.0329. The fraction of sp³-hybridized carbons (Fsp3) is 0.679.